The van der Waals surface area contributed by atoms with Crippen molar-refractivity contribution in [2.45, 2.75) is 38.1 Å². The smallest absolute Gasteiger partial charge is 0.331 e. The minimum atomic E-state index is -1.46. The maximum Gasteiger partial charge on any atom is 0.331 e. The van der Waals surface area contributed by atoms with Crippen molar-refractivity contribution >= 4 is 42.1 Å². The van der Waals surface area contributed by atoms with Crippen LogP contribution in [0.25, 0.3) is 18.2 Å². The highest BCUT2D eigenvalue weighted by Gasteiger charge is 2.53. The third-order valence-electron chi connectivity index (χ3n) is 7.74. The topological polar surface area (TPSA) is 227 Å². The van der Waals surface area contributed by atoms with E-state index >= 15 is 0 Å². The first-order valence-electron chi connectivity index (χ1n) is 15.0. The van der Waals surface area contributed by atoms with Crippen LogP contribution in [-0.4, -0.2) is 79.9 Å². The standard InChI is InChI=1S/C36H34O14/c1-36(35(46)47-2)18-29(48-31(43)12-6-20-3-9-23(37)26(40)15-20)34(50-33(45)14-8-22-5-11-25(39)28(42)17-22)30(19-36)49-32(44)13-7-21-4-10-24(38)27(41)16-21/h3-17,29-30,34,37-42H,18-19H2,1-2H3/b12-6+,13-7+,14-8+/t29-,30-,34?,36?/m1/s1. The SMILES string of the molecule is COC(=O)C1(C)C[C@@H](OC(=O)/C=C/c2ccc(O)c(O)c2)C(OC(=O)/C=C/c2ccc(O)c(O)c2)[C@H](OC(=O)/C=C/c2ccc(O)c(O)c2)C1. The van der Waals surface area contributed by atoms with E-state index in [0.29, 0.717) is 16.7 Å². The molecule has 3 aromatic rings. The second-order valence-corrected chi connectivity index (χ2v) is 11.6. The molecule has 1 aliphatic carbocycles. The van der Waals surface area contributed by atoms with Gasteiger partial charge in [-0.3, -0.25) is 4.79 Å². The van der Waals surface area contributed by atoms with Crippen LogP contribution >= 0.6 is 0 Å². The van der Waals surface area contributed by atoms with Crippen molar-refractivity contribution in [3.05, 3.63) is 89.5 Å². The van der Waals surface area contributed by atoms with E-state index in [1.165, 1.54) is 79.7 Å². The van der Waals surface area contributed by atoms with Gasteiger partial charge in [0.2, 0.25) is 0 Å². The summed E-state index contributed by atoms with van der Waals surface area (Å²) >= 11 is 0. The molecule has 2 atom stereocenters. The van der Waals surface area contributed by atoms with Gasteiger partial charge in [0.1, 0.15) is 12.2 Å². The Hall–Kier alpha value is -6.44. The van der Waals surface area contributed by atoms with Crippen LogP contribution in [0.2, 0.25) is 0 Å². The zero-order valence-electron chi connectivity index (χ0n) is 26.8. The Kier molecular flexibility index (Phi) is 11.4. The zero-order valence-corrected chi connectivity index (χ0v) is 26.8. The molecule has 14 nitrogen and oxygen atoms in total. The fraction of sp³-hybridized carbons (Fsp3) is 0.222. The third-order valence-corrected chi connectivity index (χ3v) is 7.74. The van der Waals surface area contributed by atoms with Crippen LogP contribution in [0.1, 0.15) is 36.5 Å². The Morgan fingerprint density at radius 2 is 0.920 bits per heavy atom. The molecule has 0 amide bonds. The normalized spacial score (nSPS) is 20.5. The number of carbonyl (C=O) groups excluding carboxylic acids is 4. The number of phenolic OH excluding ortho intramolecular Hbond substituents is 6. The van der Waals surface area contributed by atoms with E-state index in [1.54, 1.807) is 0 Å². The van der Waals surface area contributed by atoms with Crippen molar-refractivity contribution in [1.82, 2.24) is 0 Å². The molecule has 262 valence electrons. The summed E-state index contributed by atoms with van der Waals surface area (Å²) in [5, 5.41) is 57.9. The Bertz CT molecular complexity index is 1770. The van der Waals surface area contributed by atoms with E-state index < -0.39 is 64.9 Å². The summed E-state index contributed by atoms with van der Waals surface area (Å²) in [5.41, 5.74) is -0.421. The lowest BCUT2D eigenvalue weighted by molar-refractivity contribution is -0.200. The average Bonchev–Trinajstić information content (AvgIpc) is 3.07. The molecule has 1 saturated carbocycles. The largest absolute Gasteiger partial charge is 0.504 e. The molecule has 4 rings (SSSR count). The summed E-state index contributed by atoms with van der Waals surface area (Å²) in [6, 6.07) is 11.5. The first-order valence-corrected chi connectivity index (χ1v) is 15.0. The highest BCUT2D eigenvalue weighted by atomic mass is 16.6. The van der Waals surface area contributed by atoms with Crippen molar-refractivity contribution in [2.24, 2.45) is 5.41 Å². The minimum Gasteiger partial charge on any atom is -0.504 e. The molecule has 0 unspecified atom stereocenters. The molecule has 0 heterocycles. The van der Waals surface area contributed by atoms with Gasteiger partial charge in [-0.1, -0.05) is 18.2 Å². The zero-order chi connectivity index (χ0) is 36.6. The molecule has 1 fully saturated rings. The van der Waals surface area contributed by atoms with Crippen LogP contribution in [0.3, 0.4) is 0 Å². The lowest BCUT2D eigenvalue weighted by Gasteiger charge is -2.43. The molecule has 0 aromatic heterocycles. The van der Waals surface area contributed by atoms with Gasteiger partial charge in [0, 0.05) is 31.1 Å². The molecule has 1 aliphatic rings. The van der Waals surface area contributed by atoms with Gasteiger partial charge in [-0.25, -0.2) is 14.4 Å². The Morgan fingerprint density at radius 1 is 0.580 bits per heavy atom. The number of benzene rings is 3. The van der Waals surface area contributed by atoms with Crippen LogP contribution in [0.15, 0.2) is 72.8 Å². The van der Waals surface area contributed by atoms with Gasteiger partial charge >= 0.3 is 23.9 Å². The van der Waals surface area contributed by atoms with Crippen molar-refractivity contribution in [2.75, 3.05) is 7.11 Å². The van der Waals surface area contributed by atoms with Crippen LogP contribution in [0, 0.1) is 5.41 Å². The molecule has 14 heteroatoms. The Morgan fingerprint density at radius 3 is 1.24 bits per heavy atom. The highest BCUT2D eigenvalue weighted by molar-refractivity contribution is 5.89. The van der Waals surface area contributed by atoms with Gasteiger partial charge in [-0.15, -0.1) is 0 Å². The van der Waals surface area contributed by atoms with Crippen molar-refractivity contribution in [1.29, 1.82) is 0 Å². The summed E-state index contributed by atoms with van der Waals surface area (Å²) in [5.74, 6) is -6.00. The Labute approximate surface area is 285 Å². The Balaban J connectivity index is 1.64. The molecule has 6 N–H and O–H groups in total. The van der Waals surface area contributed by atoms with Crippen molar-refractivity contribution in [3.8, 4) is 34.5 Å². The second kappa shape index (κ2) is 15.6. The van der Waals surface area contributed by atoms with Crippen LogP contribution in [-0.2, 0) is 38.1 Å². The maximum absolute atomic E-state index is 13.1. The number of ether oxygens (including phenoxy) is 4. The summed E-state index contributed by atoms with van der Waals surface area (Å²) in [7, 11) is 1.15. The molecule has 0 saturated heterocycles. The highest BCUT2D eigenvalue weighted by Crippen LogP contribution is 2.41. The lowest BCUT2D eigenvalue weighted by atomic mass is 9.71. The van der Waals surface area contributed by atoms with Crippen molar-refractivity contribution < 1.29 is 68.8 Å². The molecular weight excluding hydrogens is 656 g/mol. The first-order chi connectivity index (χ1) is 23.7. The van der Waals surface area contributed by atoms with E-state index in [1.807, 2.05) is 0 Å². The monoisotopic (exact) mass is 690 g/mol. The minimum absolute atomic E-state index is 0.219. The van der Waals surface area contributed by atoms with Crippen LogP contribution in [0.4, 0.5) is 0 Å². The molecule has 0 radical (unpaired) electrons. The number of phenols is 6. The third kappa shape index (κ3) is 9.34. The fourth-order valence-corrected chi connectivity index (χ4v) is 5.20. The molecule has 3 aromatic carbocycles. The summed E-state index contributed by atoms with van der Waals surface area (Å²) in [6.45, 7) is 1.50. The van der Waals surface area contributed by atoms with Gasteiger partial charge in [-0.05, 0) is 78.2 Å². The predicted octanol–water partition coefficient (Wildman–Crippen LogP) is 4.07. The van der Waals surface area contributed by atoms with E-state index in [-0.39, 0.29) is 30.1 Å². The summed E-state index contributed by atoms with van der Waals surface area (Å²) < 4.78 is 22.0. The van der Waals surface area contributed by atoms with E-state index in [9.17, 15) is 49.8 Å². The predicted molar refractivity (Wildman–Crippen MR) is 175 cm³/mol. The number of esters is 4. The van der Waals surface area contributed by atoms with E-state index in [4.69, 9.17) is 18.9 Å². The quantitative estimate of drug-likeness (QED) is 0.0763. The van der Waals surface area contributed by atoms with E-state index in [2.05, 4.69) is 0 Å². The second-order valence-electron chi connectivity index (χ2n) is 11.6. The van der Waals surface area contributed by atoms with Gasteiger partial charge in [0.05, 0.1) is 12.5 Å². The molecule has 0 spiro atoms. The number of hydrogen-bond acceptors (Lipinski definition) is 14. The number of aromatic hydroxyl groups is 6. The van der Waals surface area contributed by atoms with Gasteiger partial charge in [-0.2, -0.15) is 0 Å². The molecule has 0 bridgehead atoms. The number of hydrogen-bond donors (Lipinski definition) is 6. The van der Waals surface area contributed by atoms with Crippen LogP contribution in [0.5, 0.6) is 34.5 Å². The maximum atomic E-state index is 13.1. The summed E-state index contributed by atoms with van der Waals surface area (Å²) in [4.78, 5) is 52.1. The molecule has 0 aliphatic heterocycles. The van der Waals surface area contributed by atoms with Gasteiger partial charge < -0.3 is 49.6 Å². The van der Waals surface area contributed by atoms with Crippen LogP contribution < -0.4 is 0 Å². The fourth-order valence-electron chi connectivity index (χ4n) is 5.20. The average molecular weight is 691 g/mol. The first kappa shape index (κ1) is 36.4. The van der Waals surface area contributed by atoms with Gasteiger partial charge in [0.15, 0.2) is 40.6 Å². The summed E-state index contributed by atoms with van der Waals surface area (Å²) in [6.07, 6.45) is 2.20. The molecule has 50 heavy (non-hydrogen) atoms. The van der Waals surface area contributed by atoms with E-state index in [0.717, 1.165) is 25.3 Å². The number of carbonyl (C=O) groups is 4. The molecular formula is C36H34O14. The number of rotatable bonds is 10. The number of methoxy groups -OCH3 is 1. The van der Waals surface area contributed by atoms with Crippen molar-refractivity contribution in [3.63, 3.8) is 0 Å². The van der Waals surface area contributed by atoms with Gasteiger partial charge in [0.25, 0.3) is 0 Å². The lowest BCUT2D eigenvalue weighted by Crippen LogP contribution is -2.55.